The van der Waals surface area contributed by atoms with E-state index in [-0.39, 0.29) is 12.0 Å². The van der Waals surface area contributed by atoms with Gasteiger partial charge in [-0.1, -0.05) is 18.6 Å². The fourth-order valence-corrected chi connectivity index (χ4v) is 6.80. The molecule has 3 aromatic carbocycles. The van der Waals surface area contributed by atoms with Gasteiger partial charge in [0.2, 0.25) is 5.91 Å². The van der Waals surface area contributed by atoms with E-state index in [1.165, 1.54) is 0 Å². The molecule has 4 aromatic rings. The summed E-state index contributed by atoms with van der Waals surface area (Å²) in [6.07, 6.45) is 6.90. The molecule has 0 bridgehead atoms. The van der Waals surface area contributed by atoms with Gasteiger partial charge in [0.25, 0.3) is 0 Å². The van der Waals surface area contributed by atoms with Gasteiger partial charge in [0.15, 0.2) is 0 Å². The van der Waals surface area contributed by atoms with Crippen molar-refractivity contribution in [2.24, 2.45) is 0 Å². The number of hydrogen-bond acceptors (Lipinski definition) is 6. The van der Waals surface area contributed by atoms with Gasteiger partial charge in [-0.2, -0.15) is 5.10 Å². The molecule has 0 unspecified atom stereocenters. The van der Waals surface area contributed by atoms with Gasteiger partial charge in [-0.3, -0.25) is 4.79 Å². The Bertz CT molecular complexity index is 1620. The number of piperidine rings is 1. The lowest BCUT2D eigenvalue weighted by Crippen LogP contribution is -2.44. The highest BCUT2D eigenvalue weighted by Crippen LogP contribution is 2.57. The number of ether oxygens (including phenoxy) is 3. The number of amides is 1. The van der Waals surface area contributed by atoms with E-state index in [0.29, 0.717) is 12.3 Å². The third-order valence-corrected chi connectivity index (χ3v) is 9.43. The Hall–Kier alpha value is -4.30. The fourth-order valence-electron chi connectivity index (χ4n) is 6.80. The van der Waals surface area contributed by atoms with Gasteiger partial charge in [0, 0.05) is 18.7 Å². The number of methoxy groups -OCH3 is 2. The van der Waals surface area contributed by atoms with Crippen molar-refractivity contribution < 1.29 is 19.0 Å². The van der Waals surface area contributed by atoms with Crippen LogP contribution in [-0.2, 0) is 16.8 Å². The third kappa shape index (κ3) is 4.83. The monoisotopic (exact) mass is 578 g/mol. The highest BCUT2D eigenvalue weighted by Gasteiger charge is 2.55. The minimum Gasteiger partial charge on any atom is -0.497 e. The van der Waals surface area contributed by atoms with Crippen LogP contribution in [0.4, 0.5) is 5.69 Å². The van der Waals surface area contributed by atoms with Gasteiger partial charge in [-0.05, 0) is 98.5 Å². The summed E-state index contributed by atoms with van der Waals surface area (Å²) in [7, 11) is 5.50. The fraction of sp³-hybridized carbons (Fsp3) is 0.371. The zero-order valence-corrected chi connectivity index (χ0v) is 25.1. The highest BCUT2D eigenvalue weighted by molar-refractivity contribution is 6.10. The van der Waals surface area contributed by atoms with Gasteiger partial charge >= 0.3 is 0 Å². The lowest BCUT2D eigenvalue weighted by molar-refractivity contribution is -0.126. The lowest BCUT2D eigenvalue weighted by atomic mass is 9.65. The molecular formula is C35H38N4O4. The van der Waals surface area contributed by atoms with Crippen LogP contribution >= 0.6 is 0 Å². The van der Waals surface area contributed by atoms with E-state index in [9.17, 15) is 4.79 Å². The molecule has 1 amide bonds. The number of likely N-dealkylation sites (tertiary alicyclic amines) is 1. The Morgan fingerprint density at radius 2 is 1.63 bits per heavy atom. The number of aromatic nitrogens is 2. The van der Waals surface area contributed by atoms with Crippen LogP contribution in [0.3, 0.4) is 0 Å². The van der Waals surface area contributed by atoms with E-state index in [1.54, 1.807) is 14.2 Å². The first-order valence-electron chi connectivity index (χ1n) is 15.2. The summed E-state index contributed by atoms with van der Waals surface area (Å²) < 4.78 is 19.5. The third-order valence-electron chi connectivity index (χ3n) is 9.43. The van der Waals surface area contributed by atoms with Gasteiger partial charge in [0.1, 0.15) is 23.4 Å². The topological polar surface area (TPSA) is 69.1 Å². The largest absolute Gasteiger partial charge is 0.497 e. The Morgan fingerprint density at radius 3 is 2.28 bits per heavy atom. The maximum Gasteiger partial charge on any atom is 0.238 e. The van der Waals surface area contributed by atoms with E-state index >= 15 is 0 Å². The molecule has 0 radical (unpaired) electrons. The van der Waals surface area contributed by atoms with Crippen molar-refractivity contribution in [3.63, 3.8) is 0 Å². The smallest absolute Gasteiger partial charge is 0.238 e. The SMILES string of the molecule is COc1ccc(CN2C(=O)C3(CCC3)c3cc(-c4ccnn4-c4ccc(OC5CCN(C)CC5)cc4)cc(OC)c32)cc1. The molecule has 1 aromatic heterocycles. The van der Waals surface area contributed by atoms with Crippen LogP contribution in [0.15, 0.2) is 72.9 Å². The van der Waals surface area contributed by atoms with Crippen LogP contribution in [0.2, 0.25) is 0 Å². The average molecular weight is 579 g/mol. The van der Waals surface area contributed by atoms with Crippen molar-refractivity contribution in [2.75, 3.05) is 39.3 Å². The Labute approximate surface area is 252 Å². The summed E-state index contributed by atoms with van der Waals surface area (Å²) in [6.45, 7) is 2.61. The van der Waals surface area contributed by atoms with E-state index in [2.05, 4.69) is 35.2 Å². The summed E-state index contributed by atoms with van der Waals surface area (Å²) in [5, 5.41) is 4.68. The number of rotatable bonds is 8. The van der Waals surface area contributed by atoms with Gasteiger partial charge in [-0.15, -0.1) is 0 Å². The average Bonchev–Trinajstić information content (AvgIpc) is 3.60. The first kappa shape index (κ1) is 27.5. The van der Waals surface area contributed by atoms with Crippen LogP contribution in [-0.4, -0.2) is 61.0 Å². The maximum atomic E-state index is 14.1. The summed E-state index contributed by atoms with van der Waals surface area (Å²) in [5.74, 6) is 2.54. The summed E-state index contributed by atoms with van der Waals surface area (Å²) in [6, 6.07) is 22.3. The molecule has 7 rings (SSSR count). The number of nitrogens with zero attached hydrogens (tertiary/aromatic N) is 4. The van der Waals surface area contributed by atoms with E-state index < -0.39 is 5.41 Å². The second-order valence-corrected chi connectivity index (χ2v) is 12.0. The molecule has 2 aliphatic heterocycles. The number of fused-ring (bicyclic) bond motifs is 2. The highest BCUT2D eigenvalue weighted by atomic mass is 16.5. The van der Waals surface area contributed by atoms with E-state index in [1.807, 2.05) is 64.3 Å². The second kappa shape index (κ2) is 11.1. The molecule has 0 atom stereocenters. The molecule has 2 fully saturated rings. The van der Waals surface area contributed by atoms with Crippen LogP contribution in [0.25, 0.3) is 16.9 Å². The lowest BCUT2D eigenvalue weighted by Gasteiger charge is -2.37. The zero-order valence-electron chi connectivity index (χ0n) is 25.1. The van der Waals surface area contributed by atoms with Crippen molar-refractivity contribution in [3.8, 4) is 34.2 Å². The molecule has 8 nitrogen and oxygen atoms in total. The van der Waals surface area contributed by atoms with Crippen molar-refractivity contribution >= 4 is 11.6 Å². The van der Waals surface area contributed by atoms with E-state index in [0.717, 1.165) is 90.5 Å². The minimum absolute atomic E-state index is 0.161. The first-order chi connectivity index (χ1) is 21.0. The summed E-state index contributed by atoms with van der Waals surface area (Å²) in [4.78, 5) is 18.3. The number of anilines is 1. The van der Waals surface area contributed by atoms with Crippen molar-refractivity contribution in [2.45, 2.75) is 50.2 Å². The van der Waals surface area contributed by atoms with Gasteiger partial charge in [-0.25, -0.2) is 4.68 Å². The molecule has 1 saturated heterocycles. The van der Waals surface area contributed by atoms with Gasteiger partial charge in [0.05, 0.1) is 49.4 Å². The van der Waals surface area contributed by atoms with Crippen molar-refractivity contribution in [1.82, 2.24) is 14.7 Å². The molecule has 8 heteroatoms. The van der Waals surface area contributed by atoms with Crippen LogP contribution in [0.5, 0.6) is 17.2 Å². The summed E-state index contributed by atoms with van der Waals surface area (Å²) >= 11 is 0. The number of hydrogen-bond donors (Lipinski definition) is 0. The van der Waals surface area contributed by atoms with Gasteiger partial charge < -0.3 is 24.0 Å². The molecule has 1 spiro atoms. The number of benzene rings is 3. The normalized spacial score (nSPS) is 18.0. The molecule has 43 heavy (non-hydrogen) atoms. The van der Waals surface area contributed by atoms with Crippen LogP contribution in [0.1, 0.15) is 43.2 Å². The molecule has 1 aliphatic carbocycles. The standard InChI is InChI=1S/C35H38N4O4/c1-37-19-14-29(15-20-37)43-28-11-7-26(8-12-28)39-31(13-18-36-39)25-21-30-33(32(22-25)42-3)38(34(40)35(30)16-4-17-35)23-24-5-9-27(41-2)10-6-24/h5-13,18,21-22,29H,4,14-17,19-20,23H2,1-3H3. The van der Waals surface area contributed by atoms with E-state index in [4.69, 9.17) is 14.2 Å². The van der Waals surface area contributed by atoms with Crippen molar-refractivity contribution in [3.05, 3.63) is 84.1 Å². The Balaban J connectivity index is 1.20. The molecule has 1 saturated carbocycles. The molecule has 222 valence electrons. The predicted molar refractivity (Wildman–Crippen MR) is 166 cm³/mol. The molecule has 0 N–H and O–H groups in total. The quantitative estimate of drug-likeness (QED) is 0.256. The molecule has 3 heterocycles. The Morgan fingerprint density at radius 1 is 0.907 bits per heavy atom. The Kier molecular flexibility index (Phi) is 7.09. The minimum atomic E-state index is -0.497. The maximum absolute atomic E-state index is 14.1. The number of carbonyl (C=O) groups excluding carboxylic acids is 1. The predicted octanol–water partition coefficient (Wildman–Crippen LogP) is 6.00. The zero-order chi connectivity index (χ0) is 29.6. The second-order valence-electron chi connectivity index (χ2n) is 12.0. The summed E-state index contributed by atoms with van der Waals surface area (Å²) in [5.41, 5.74) is 5.36. The van der Waals surface area contributed by atoms with Crippen molar-refractivity contribution in [1.29, 1.82) is 0 Å². The van der Waals surface area contributed by atoms with Crippen LogP contribution in [0, 0.1) is 0 Å². The first-order valence-corrected chi connectivity index (χ1v) is 15.2. The molecular weight excluding hydrogens is 540 g/mol. The van der Waals surface area contributed by atoms with Crippen LogP contribution < -0.4 is 19.1 Å². The molecule has 3 aliphatic rings. The number of carbonyl (C=O) groups is 1.